The Morgan fingerprint density at radius 3 is 2.55 bits per heavy atom. The van der Waals surface area contributed by atoms with Crippen molar-refractivity contribution in [2.24, 2.45) is 0 Å². The maximum absolute atomic E-state index is 13.0. The van der Waals surface area contributed by atoms with E-state index in [2.05, 4.69) is 59.4 Å². The van der Waals surface area contributed by atoms with E-state index >= 15 is 0 Å². The lowest BCUT2D eigenvalue weighted by atomic mass is 9.99. The number of aryl methyl sites for hydroxylation is 2. The van der Waals surface area contributed by atoms with Crippen LogP contribution in [-0.4, -0.2) is 27.3 Å². The molecule has 2 aromatic carbocycles. The molecular formula is C25H23N3O. The number of amides is 1. The van der Waals surface area contributed by atoms with Crippen LogP contribution >= 0.6 is 0 Å². The Hall–Kier alpha value is -3.40. The van der Waals surface area contributed by atoms with Crippen LogP contribution in [0.4, 0.5) is 0 Å². The number of nitrogens with zero attached hydrogens (tertiary/aromatic N) is 2. The van der Waals surface area contributed by atoms with Crippen LogP contribution in [-0.2, 0) is 13.0 Å². The maximum Gasteiger partial charge on any atom is 0.255 e. The highest BCUT2D eigenvalue weighted by Crippen LogP contribution is 2.32. The zero-order valence-corrected chi connectivity index (χ0v) is 16.7. The first-order chi connectivity index (χ1) is 14.1. The van der Waals surface area contributed by atoms with Crippen LogP contribution in [0.1, 0.15) is 32.9 Å². The van der Waals surface area contributed by atoms with Crippen molar-refractivity contribution < 1.29 is 4.79 Å². The van der Waals surface area contributed by atoms with E-state index in [0.29, 0.717) is 12.1 Å². The van der Waals surface area contributed by atoms with E-state index in [4.69, 9.17) is 0 Å². The number of aromatic nitrogens is 2. The zero-order chi connectivity index (χ0) is 20.0. The number of hydrogen-bond donors (Lipinski definition) is 1. The summed E-state index contributed by atoms with van der Waals surface area (Å²) in [5.41, 5.74) is 8.85. The molecule has 5 rings (SSSR count). The number of carbonyl (C=O) groups is 1. The summed E-state index contributed by atoms with van der Waals surface area (Å²) >= 11 is 0. The second-order valence-electron chi connectivity index (χ2n) is 7.87. The van der Waals surface area contributed by atoms with E-state index < -0.39 is 0 Å². The summed E-state index contributed by atoms with van der Waals surface area (Å²) in [6.45, 7) is 5.38. The number of H-pyrrole nitrogens is 1. The van der Waals surface area contributed by atoms with Gasteiger partial charge < -0.3 is 9.88 Å². The van der Waals surface area contributed by atoms with Crippen molar-refractivity contribution in [3.05, 3.63) is 88.9 Å². The quantitative estimate of drug-likeness (QED) is 0.528. The molecule has 1 aliphatic heterocycles. The fraction of sp³-hybridized carbons (Fsp3) is 0.200. The molecule has 2 aromatic heterocycles. The van der Waals surface area contributed by atoms with Crippen molar-refractivity contribution in [3.8, 4) is 11.1 Å². The van der Waals surface area contributed by atoms with E-state index in [0.717, 1.165) is 24.2 Å². The van der Waals surface area contributed by atoms with Crippen molar-refractivity contribution in [3.63, 3.8) is 0 Å². The highest BCUT2D eigenvalue weighted by molar-refractivity contribution is 5.95. The van der Waals surface area contributed by atoms with Crippen molar-refractivity contribution in [2.45, 2.75) is 26.8 Å². The molecule has 4 nitrogen and oxygen atoms in total. The highest BCUT2D eigenvalue weighted by Gasteiger charge is 2.25. The van der Waals surface area contributed by atoms with Gasteiger partial charge in [0.15, 0.2) is 0 Å². The molecule has 4 heteroatoms. The lowest BCUT2D eigenvalue weighted by molar-refractivity contribution is 0.0734. The molecule has 0 saturated heterocycles. The summed E-state index contributed by atoms with van der Waals surface area (Å²) in [5, 5.41) is 1.21. The van der Waals surface area contributed by atoms with E-state index in [9.17, 15) is 4.79 Å². The average Bonchev–Trinajstić information content (AvgIpc) is 3.11. The Bertz CT molecular complexity index is 1200. The van der Waals surface area contributed by atoms with E-state index in [-0.39, 0.29) is 5.91 Å². The number of rotatable bonds is 2. The third-order valence-electron chi connectivity index (χ3n) is 5.81. The van der Waals surface area contributed by atoms with Crippen molar-refractivity contribution in [1.29, 1.82) is 0 Å². The predicted octanol–water partition coefficient (Wildman–Crippen LogP) is 5.05. The average molecular weight is 381 g/mol. The van der Waals surface area contributed by atoms with Gasteiger partial charge in [0.2, 0.25) is 0 Å². The summed E-state index contributed by atoms with van der Waals surface area (Å²) in [6, 6.07) is 18.9. The van der Waals surface area contributed by atoms with Crippen LogP contribution < -0.4 is 0 Å². The van der Waals surface area contributed by atoms with Crippen LogP contribution in [0.15, 0.2) is 60.8 Å². The van der Waals surface area contributed by atoms with Crippen LogP contribution in [0.25, 0.3) is 22.0 Å². The van der Waals surface area contributed by atoms with E-state index in [1.807, 2.05) is 24.0 Å². The fourth-order valence-electron chi connectivity index (χ4n) is 4.09. The van der Waals surface area contributed by atoms with Crippen LogP contribution in [0.5, 0.6) is 0 Å². The molecule has 0 fully saturated rings. The van der Waals surface area contributed by atoms with E-state index in [1.165, 1.54) is 33.3 Å². The maximum atomic E-state index is 13.0. The van der Waals surface area contributed by atoms with Crippen molar-refractivity contribution >= 4 is 16.8 Å². The minimum absolute atomic E-state index is 0.0483. The highest BCUT2D eigenvalue weighted by atomic mass is 16.2. The van der Waals surface area contributed by atoms with E-state index in [1.54, 1.807) is 6.20 Å². The molecule has 1 N–H and O–H groups in total. The van der Waals surface area contributed by atoms with Gasteiger partial charge in [-0.1, -0.05) is 35.9 Å². The molecule has 0 saturated carbocycles. The van der Waals surface area contributed by atoms with Crippen LogP contribution in [0, 0.1) is 13.8 Å². The number of pyridine rings is 1. The molecule has 0 spiro atoms. The third-order valence-corrected chi connectivity index (χ3v) is 5.81. The number of nitrogens with one attached hydrogen (secondary N) is 1. The van der Waals surface area contributed by atoms with Gasteiger partial charge in [-0.3, -0.25) is 9.78 Å². The molecule has 1 amide bonds. The monoisotopic (exact) mass is 381 g/mol. The van der Waals surface area contributed by atoms with Gasteiger partial charge in [0.1, 0.15) is 0 Å². The molecule has 3 heterocycles. The minimum atomic E-state index is 0.0483. The Kier molecular flexibility index (Phi) is 4.20. The van der Waals surface area contributed by atoms with Gasteiger partial charge >= 0.3 is 0 Å². The number of fused-ring (bicyclic) bond motifs is 3. The molecular weight excluding hydrogens is 358 g/mol. The fourth-order valence-corrected chi connectivity index (χ4v) is 4.09. The standard InChI is InChI=1S/C25H23N3O/c1-16-3-6-18(7-4-16)19-9-10-23-21(13-19)22-15-28(12-11-24(22)27-23)25(29)20-8-5-17(2)26-14-20/h3-10,13-14,27H,11-12,15H2,1-2H3. The first-order valence-corrected chi connectivity index (χ1v) is 10.0. The number of hydrogen-bond acceptors (Lipinski definition) is 2. The molecule has 0 radical (unpaired) electrons. The van der Waals surface area contributed by atoms with Crippen molar-refractivity contribution in [2.75, 3.05) is 6.54 Å². The molecule has 0 bridgehead atoms. The molecule has 144 valence electrons. The second kappa shape index (κ2) is 6.89. The van der Waals surface area contributed by atoms with Crippen LogP contribution in [0.2, 0.25) is 0 Å². The lowest BCUT2D eigenvalue weighted by Gasteiger charge is -2.27. The normalized spacial score (nSPS) is 13.5. The number of benzene rings is 2. The Morgan fingerprint density at radius 1 is 1.00 bits per heavy atom. The second-order valence-corrected chi connectivity index (χ2v) is 7.87. The Morgan fingerprint density at radius 2 is 1.79 bits per heavy atom. The molecule has 29 heavy (non-hydrogen) atoms. The summed E-state index contributed by atoms with van der Waals surface area (Å²) < 4.78 is 0. The Balaban J connectivity index is 1.49. The largest absolute Gasteiger partial charge is 0.358 e. The summed E-state index contributed by atoms with van der Waals surface area (Å²) in [5.74, 6) is 0.0483. The zero-order valence-electron chi connectivity index (χ0n) is 16.7. The van der Waals surface area contributed by atoms with Crippen molar-refractivity contribution in [1.82, 2.24) is 14.9 Å². The predicted molar refractivity (Wildman–Crippen MR) is 116 cm³/mol. The lowest BCUT2D eigenvalue weighted by Crippen LogP contribution is -2.35. The molecule has 0 atom stereocenters. The van der Waals surface area contributed by atoms with Gasteiger partial charge in [-0.2, -0.15) is 0 Å². The smallest absolute Gasteiger partial charge is 0.255 e. The molecule has 4 aromatic rings. The van der Waals surface area contributed by atoms with Gasteiger partial charge in [0, 0.05) is 53.6 Å². The minimum Gasteiger partial charge on any atom is -0.358 e. The first kappa shape index (κ1) is 17.7. The van der Waals surface area contributed by atoms with Gasteiger partial charge in [0.05, 0.1) is 5.56 Å². The van der Waals surface area contributed by atoms with Gasteiger partial charge in [-0.15, -0.1) is 0 Å². The SMILES string of the molecule is Cc1ccc(-c2ccc3[nH]c4c(c3c2)CN(C(=O)c2ccc(C)nc2)CC4)cc1. The molecule has 0 aliphatic carbocycles. The summed E-state index contributed by atoms with van der Waals surface area (Å²) in [6.07, 6.45) is 2.52. The number of aromatic amines is 1. The van der Waals surface area contributed by atoms with Gasteiger partial charge in [-0.25, -0.2) is 0 Å². The van der Waals surface area contributed by atoms with Crippen LogP contribution in [0.3, 0.4) is 0 Å². The topological polar surface area (TPSA) is 49.0 Å². The molecule has 0 unspecified atom stereocenters. The first-order valence-electron chi connectivity index (χ1n) is 10.0. The summed E-state index contributed by atoms with van der Waals surface area (Å²) in [7, 11) is 0. The third kappa shape index (κ3) is 3.21. The van der Waals surface area contributed by atoms with Gasteiger partial charge in [-0.05, 0) is 49.2 Å². The Labute approximate surface area is 170 Å². The summed E-state index contributed by atoms with van der Waals surface area (Å²) in [4.78, 5) is 22.7. The van der Waals surface area contributed by atoms with Gasteiger partial charge in [0.25, 0.3) is 5.91 Å². The number of carbonyl (C=O) groups excluding carboxylic acids is 1. The molecule has 1 aliphatic rings.